The van der Waals surface area contributed by atoms with Gasteiger partial charge in [0.2, 0.25) is 0 Å². The average Bonchev–Trinajstić information content (AvgIpc) is 2.67. The van der Waals surface area contributed by atoms with Gasteiger partial charge in [-0.15, -0.1) is 0 Å². The highest BCUT2D eigenvalue weighted by Crippen LogP contribution is 2.45. The number of halogens is 1. The van der Waals surface area contributed by atoms with Crippen molar-refractivity contribution in [3.05, 3.63) is 40.6 Å². The van der Waals surface area contributed by atoms with E-state index in [9.17, 15) is 14.0 Å². The topological polar surface area (TPSA) is 82.5 Å². The van der Waals surface area contributed by atoms with E-state index in [1.165, 1.54) is 12.1 Å². The minimum Gasteiger partial charge on any atom is -0.444 e. The largest absolute Gasteiger partial charge is 0.444 e. The number of hydrogen-bond donors (Lipinski definition) is 1. The van der Waals surface area contributed by atoms with Crippen LogP contribution in [0.1, 0.15) is 52.9 Å². The van der Waals surface area contributed by atoms with Gasteiger partial charge in [0.1, 0.15) is 11.4 Å². The van der Waals surface area contributed by atoms with Gasteiger partial charge in [-0.05, 0) is 58.9 Å². The Labute approximate surface area is 174 Å². The summed E-state index contributed by atoms with van der Waals surface area (Å²) in [7, 11) is 0. The first-order valence-corrected chi connectivity index (χ1v) is 10.4. The maximum Gasteiger partial charge on any atom is 0.408 e. The predicted octanol–water partition coefficient (Wildman–Crippen LogP) is 3.53. The molecule has 0 atom stereocenters. The van der Waals surface area contributed by atoms with E-state index in [0.29, 0.717) is 30.6 Å². The molecule has 162 valence electrons. The Bertz CT molecular complexity index is 1000. The van der Waals surface area contributed by atoms with Crippen LogP contribution in [-0.4, -0.2) is 39.0 Å². The number of carbonyl (C=O) groups excluding carboxylic acids is 1. The Kier molecular flexibility index (Phi) is 5.08. The number of alkyl carbamates (subject to hydrolysis) is 1. The Morgan fingerprint density at radius 1 is 1.30 bits per heavy atom. The molecule has 0 unspecified atom stereocenters. The number of nitrogens with one attached hydrogen (secondary N) is 1. The normalized spacial score (nSPS) is 26.0. The molecule has 5 rings (SSSR count). The van der Waals surface area contributed by atoms with Crippen LogP contribution in [0.15, 0.2) is 29.2 Å². The van der Waals surface area contributed by atoms with Crippen molar-refractivity contribution in [2.75, 3.05) is 6.61 Å². The second kappa shape index (κ2) is 7.34. The number of pyridine rings is 2. The molecule has 3 aliphatic rings. The van der Waals surface area contributed by atoms with Crippen LogP contribution in [0.25, 0.3) is 11.0 Å². The lowest BCUT2D eigenvalue weighted by Crippen LogP contribution is -2.63. The van der Waals surface area contributed by atoms with Crippen LogP contribution in [0.2, 0.25) is 0 Å². The second-order valence-corrected chi connectivity index (χ2v) is 9.51. The van der Waals surface area contributed by atoms with Crippen molar-refractivity contribution in [3.8, 4) is 0 Å². The molecule has 8 heteroatoms. The first kappa shape index (κ1) is 20.8. The summed E-state index contributed by atoms with van der Waals surface area (Å²) >= 11 is 0. The molecule has 1 amide bonds. The number of carbonyl (C=O) groups is 1. The molecular weight excluding hydrogens is 389 g/mol. The van der Waals surface area contributed by atoms with Gasteiger partial charge >= 0.3 is 6.09 Å². The van der Waals surface area contributed by atoms with E-state index < -0.39 is 23.1 Å². The van der Waals surface area contributed by atoms with Crippen LogP contribution in [0.5, 0.6) is 0 Å². The van der Waals surface area contributed by atoms with Crippen LogP contribution in [-0.2, 0) is 16.0 Å². The van der Waals surface area contributed by atoms with Crippen LogP contribution < -0.4 is 10.9 Å². The molecule has 0 radical (unpaired) electrons. The van der Waals surface area contributed by atoms with Crippen molar-refractivity contribution >= 4 is 17.1 Å². The van der Waals surface area contributed by atoms with Crippen molar-refractivity contribution in [2.24, 2.45) is 0 Å². The highest BCUT2D eigenvalue weighted by Gasteiger charge is 2.50. The van der Waals surface area contributed by atoms with Gasteiger partial charge in [0.15, 0.2) is 0 Å². The van der Waals surface area contributed by atoms with E-state index in [0.717, 1.165) is 31.9 Å². The van der Waals surface area contributed by atoms with Gasteiger partial charge in [-0.3, -0.25) is 9.78 Å². The number of hydrogen-bond acceptors (Lipinski definition) is 5. The standard InChI is InChI=1S/C22H28FN3O4/c1-20(2,3)30-19(28)25-21-6-8-22(9-7-21,29-14-21)10-11-26-17-12-15(23)13-24-16(17)4-5-18(26)27/h4-5,12-13H,6-11,14H2,1-3H3,(H,25,28). The number of aromatic nitrogens is 2. The van der Waals surface area contributed by atoms with E-state index in [1.54, 1.807) is 10.6 Å². The fraction of sp³-hybridized carbons (Fsp3) is 0.591. The summed E-state index contributed by atoms with van der Waals surface area (Å²) in [5, 5.41) is 3.02. The van der Waals surface area contributed by atoms with Crippen molar-refractivity contribution in [3.63, 3.8) is 0 Å². The van der Waals surface area contributed by atoms with Gasteiger partial charge in [-0.1, -0.05) is 0 Å². The van der Waals surface area contributed by atoms with Crippen molar-refractivity contribution in [1.29, 1.82) is 0 Å². The lowest BCUT2D eigenvalue weighted by molar-refractivity contribution is -0.165. The van der Waals surface area contributed by atoms with E-state index in [2.05, 4.69) is 10.3 Å². The molecule has 2 aromatic heterocycles. The molecule has 2 aliphatic heterocycles. The third kappa shape index (κ3) is 4.19. The minimum atomic E-state index is -0.547. The second-order valence-electron chi connectivity index (χ2n) is 9.51. The van der Waals surface area contributed by atoms with E-state index in [-0.39, 0.29) is 11.2 Å². The van der Waals surface area contributed by atoms with Crippen LogP contribution in [0.4, 0.5) is 9.18 Å². The summed E-state index contributed by atoms with van der Waals surface area (Å²) in [6.45, 7) is 6.36. The number of rotatable bonds is 4. The lowest BCUT2D eigenvalue weighted by atomic mass is 9.70. The molecule has 7 nitrogen and oxygen atoms in total. The summed E-state index contributed by atoms with van der Waals surface area (Å²) in [6, 6.07) is 4.42. The predicted molar refractivity (Wildman–Crippen MR) is 110 cm³/mol. The summed E-state index contributed by atoms with van der Waals surface area (Å²) in [5.41, 5.74) is -0.380. The number of nitrogens with zero attached hydrogens (tertiary/aromatic N) is 2. The maximum absolute atomic E-state index is 13.7. The fourth-order valence-electron chi connectivity index (χ4n) is 4.46. The fourth-order valence-corrected chi connectivity index (χ4v) is 4.46. The summed E-state index contributed by atoms with van der Waals surface area (Å²) in [4.78, 5) is 28.7. The molecular formula is C22H28FN3O4. The number of aryl methyl sites for hydroxylation is 1. The van der Waals surface area contributed by atoms with Crippen molar-refractivity contribution in [2.45, 2.75) is 76.2 Å². The molecule has 2 aromatic rings. The summed E-state index contributed by atoms with van der Waals surface area (Å²) in [5.74, 6) is -0.468. The van der Waals surface area contributed by atoms with E-state index in [4.69, 9.17) is 9.47 Å². The van der Waals surface area contributed by atoms with Gasteiger partial charge in [0.05, 0.1) is 35.0 Å². The van der Waals surface area contributed by atoms with Gasteiger partial charge in [-0.25, -0.2) is 9.18 Å². The van der Waals surface area contributed by atoms with Crippen molar-refractivity contribution < 1.29 is 18.7 Å². The Morgan fingerprint density at radius 3 is 2.67 bits per heavy atom. The number of ether oxygens (including phenoxy) is 2. The quantitative estimate of drug-likeness (QED) is 0.823. The average molecular weight is 417 g/mol. The van der Waals surface area contributed by atoms with Crippen LogP contribution >= 0.6 is 0 Å². The molecule has 0 aromatic carbocycles. The smallest absolute Gasteiger partial charge is 0.408 e. The monoisotopic (exact) mass is 417 g/mol. The third-order valence-corrected chi connectivity index (χ3v) is 6.13. The van der Waals surface area contributed by atoms with Gasteiger partial charge < -0.3 is 19.4 Å². The van der Waals surface area contributed by atoms with Gasteiger partial charge in [0.25, 0.3) is 5.56 Å². The summed E-state index contributed by atoms with van der Waals surface area (Å²) < 4.78 is 26.9. The van der Waals surface area contributed by atoms with Gasteiger partial charge in [0, 0.05) is 18.7 Å². The molecule has 1 saturated carbocycles. The zero-order valence-electron chi connectivity index (χ0n) is 17.7. The molecule has 0 spiro atoms. The highest BCUT2D eigenvalue weighted by atomic mass is 19.1. The molecule has 1 N–H and O–H groups in total. The zero-order chi connectivity index (χ0) is 21.6. The highest BCUT2D eigenvalue weighted by molar-refractivity contribution is 5.74. The third-order valence-electron chi connectivity index (χ3n) is 6.13. The molecule has 1 aliphatic carbocycles. The summed E-state index contributed by atoms with van der Waals surface area (Å²) in [6.07, 6.45) is 4.55. The lowest BCUT2D eigenvalue weighted by Gasteiger charge is -2.53. The molecule has 4 heterocycles. The Morgan fingerprint density at radius 2 is 2.03 bits per heavy atom. The van der Waals surface area contributed by atoms with Crippen LogP contribution in [0.3, 0.4) is 0 Å². The van der Waals surface area contributed by atoms with E-state index >= 15 is 0 Å². The van der Waals surface area contributed by atoms with Crippen LogP contribution in [0, 0.1) is 5.82 Å². The molecule has 2 saturated heterocycles. The molecule has 3 fully saturated rings. The van der Waals surface area contributed by atoms with E-state index in [1.807, 2.05) is 20.8 Å². The first-order chi connectivity index (χ1) is 14.1. The van der Waals surface area contributed by atoms with Crippen molar-refractivity contribution in [1.82, 2.24) is 14.9 Å². The van der Waals surface area contributed by atoms with Gasteiger partial charge in [-0.2, -0.15) is 0 Å². The number of fused-ring (bicyclic) bond motifs is 4. The minimum absolute atomic E-state index is 0.182. The Balaban J connectivity index is 1.44. The first-order valence-electron chi connectivity index (χ1n) is 10.4. The molecule has 30 heavy (non-hydrogen) atoms. The SMILES string of the molecule is CC(C)(C)OC(=O)NC12CCC(CCn3c(=O)ccc4ncc(F)cc43)(CC1)OC2. The molecule has 2 bridgehead atoms. The number of amides is 1. The Hall–Kier alpha value is -2.48. The maximum atomic E-state index is 13.7. The zero-order valence-corrected chi connectivity index (χ0v) is 17.7.